The monoisotopic (exact) mass is 565 g/mol. The van der Waals surface area contributed by atoms with E-state index in [0.717, 1.165) is 45.3 Å². The molecular formula is C28H32NNaO8S. The second-order valence-corrected chi connectivity index (χ2v) is 11.1. The number of carbonyl (C=O) groups excluding carboxylic acids is 3. The van der Waals surface area contributed by atoms with Gasteiger partial charge in [0.1, 0.15) is 29.5 Å². The van der Waals surface area contributed by atoms with Gasteiger partial charge in [0.25, 0.3) is 5.24 Å². The first kappa shape index (κ1) is 31.0. The third-order valence-electron chi connectivity index (χ3n) is 6.98. The van der Waals surface area contributed by atoms with Gasteiger partial charge in [0.05, 0.1) is 18.1 Å². The minimum atomic E-state index is -1.04. The van der Waals surface area contributed by atoms with Crippen LogP contribution in [0.4, 0.5) is 4.79 Å². The molecule has 2 amide bonds. The summed E-state index contributed by atoms with van der Waals surface area (Å²) in [7, 11) is 0. The summed E-state index contributed by atoms with van der Waals surface area (Å²) in [5.41, 5.74) is 3.81. The summed E-state index contributed by atoms with van der Waals surface area (Å²) in [5, 5.41) is 10.4. The standard InChI is InChI=1S/C28H31NO8S.Na.H/c1-15-16(2)25-20(17(3)24(15)36-23(32)10-9-22(30)31)11-12-28(4,37-25)14-35-19-7-5-18(6-8-19)13-21-26(33)29-27(34)38-21;;/h5-8,21H,9-14H2,1-4H3,(H,30,31)(H,29,33,34);;/q;+1;-1. The Hall–Kier alpha value is -2.53. The van der Waals surface area contributed by atoms with Gasteiger partial charge < -0.3 is 20.7 Å². The number of rotatable bonds is 9. The molecule has 0 aromatic heterocycles. The molecular weight excluding hydrogens is 533 g/mol. The van der Waals surface area contributed by atoms with Gasteiger partial charge in [-0.3, -0.25) is 24.5 Å². The molecule has 2 aliphatic heterocycles. The van der Waals surface area contributed by atoms with Crippen molar-refractivity contribution in [3.05, 3.63) is 52.1 Å². The normalized spacial score (nSPS) is 19.8. The van der Waals surface area contributed by atoms with E-state index in [9.17, 15) is 19.2 Å². The minimum Gasteiger partial charge on any atom is -1.00 e. The molecule has 9 nitrogen and oxygen atoms in total. The Morgan fingerprint density at radius 1 is 1.13 bits per heavy atom. The first-order chi connectivity index (χ1) is 18.0. The Kier molecular flexibility index (Phi) is 10.1. The van der Waals surface area contributed by atoms with E-state index < -0.39 is 22.8 Å². The number of benzene rings is 2. The van der Waals surface area contributed by atoms with Gasteiger partial charge in [0.15, 0.2) is 0 Å². The van der Waals surface area contributed by atoms with Gasteiger partial charge in [-0.15, -0.1) is 0 Å². The number of aliphatic carboxylic acids is 1. The predicted octanol–water partition coefficient (Wildman–Crippen LogP) is 1.56. The number of amides is 2. The minimum absolute atomic E-state index is 0. The molecule has 1 saturated heterocycles. The van der Waals surface area contributed by atoms with Crippen LogP contribution in [0.5, 0.6) is 17.2 Å². The van der Waals surface area contributed by atoms with Crippen molar-refractivity contribution in [2.75, 3.05) is 6.61 Å². The molecule has 2 aliphatic rings. The Morgan fingerprint density at radius 3 is 2.44 bits per heavy atom. The van der Waals surface area contributed by atoms with Gasteiger partial charge >= 0.3 is 41.5 Å². The molecule has 2 heterocycles. The van der Waals surface area contributed by atoms with E-state index in [-0.39, 0.29) is 55.0 Å². The number of fused-ring (bicyclic) bond motifs is 1. The molecule has 204 valence electrons. The van der Waals surface area contributed by atoms with Gasteiger partial charge in [-0.25, -0.2) is 0 Å². The van der Waals surface area contributed by atoms with Gasteiger partial charge in [0, 0.05) is 5.56 Å². The van der Waals surface area contributed by atoms with Gasteiger partial charge in [-0.1, -0.05) is 23.9 Å². The second-order valence-electron chi connectivity index (χ2n) is 9.95. The summed E-state index contributed by atoms with van der Waals surface area (Å²) >= 11 is 1.01. The number of carbonyl (C=O) groups is 4. The third-order valence-corrected chi connectivity index (χ3v) is 7.96. The summed E-state index contributed by atoms with van der Waals surface area (Å²) in [6.45, 7) is 7.99. The van der Waals surface area contributed by atoms with Crippen LogP contribution in [0.1, 0.15) is 55.4 Å². The van der Waals surface area contributed by atoms with E-state index in [4.69, 9.17) is 19.3 Å². The van der Waals surface area contributed by atoms with E-state index in [1.54, 1.807) is 0 Å². The molecule has 2 aromatic carbocycles. The van der Waals surface area contributed by atoms with Crippen LogP contribution in [0.15, 0.2) is 24.3 Å². The number of carboxylic acids is 1. The molecule has 4 rings (SSSR count). The largest absolute Gasteiger partial charge is 1.00 e. The van der Waals surface area contributed by atoms with Crippen molar-refractivity contribution in [3.8, 4) is 17.2 Å². The zero-order chi connectivity index (χ0) is 27.6. The smallest absolute Gasteiger partial charge is 1.00 e. The van der Waals surface area contributed by atoms with Crippen LogP contribution in [0.3, 0.4) is 0 Å². The molecule has 2 N–H and O–H groups in total. The zero-order valence-electron chi connectivity index (χ0n) is 23.8. The molecule has 11 heteroatoms. The van der Waals surface area contributed by atoms with Crippen LogP contribution in [-0.2, 0) is 27.2 Å². The quantitative estimate of drug-likeness (QED) is 0.264. The SMILES string of the molecule is Cc1c(C)c2c(c(C)c1OC(=O)CCC(=O)O)CCC(C)(COc1ccc(CC3SC(=O)NC3=O)cc1)O2.[H-].[Na+]. The molecule has 2 atom stereocenters. The maximum absolute atomic E-state index is 12.2. The number of hydrogen-bond acceptors (Lipinski definition) is 8. The summed E-state index contributed by atoms with van der Waals surface area (Å²) in [4.78, 5) is 46.2. The average Bonchev–Trinajstić information content (AvgIpc) is 3.19. The Morgan fingerprint density at radius 2 is 1.82 bits per heavy atom. The zero-order valence-corrected chi connectivity index (χ0v) is 25.7. The van der Waals surface area contributed by atoms with Crippen molar-refractivity contribution >= 4 is 34.8 Å². The van der Waals surface area contributed by atoms with Crippen LogP contribution in [-0.4, -0.2) is 45.6 Å². The summed E-state index contributed by atoms with van der Waals surface area (Å²) in [5.74, 6) is 0.0392. The molecule has 0 aliphatic carbocycles. The van der Waals surface area contributed by atoms with E-state index >= 15 is 0 Å². The fourth-order valence-corrected chi connectivity index (χ4v) is 5.47. The van der Waals surface area contributed by atoms with Crippen LogP contribution in [0, 0.1) is 20.8 Å². The predicted molar refractivity (Wildman–Crippen MR) is 142 cm³/mol. The number of imide groups is 1. The number of esters is 1. The van der Waals surface area contributed by atoms with Crippen molar-refractivity contribution in [1.29, 1.82) is 0 Å². The molecule has 39 heavy (non-hydrogen) atoms. The Bertz CT molecular complexity index is 1300. The van der Waals surface area contributed by atoms with E-state index in [1.165, 1.54) is 0 Å². The fraction of sp³-hybridized carbons (Fsp3) is 0.429. The molecule has 2 unspecified atom stereocenters. The Labute approximate surface area is 255 Å². The fourth-order valence-electron chi connectivity index (χ4n) is 4.61. The topological polar surface area (TPSA) is 128 Å². The van der Waals surface area contributed by atoms with Crippen LogP contribution in [0.25, 0.3) is 0 Å². The van der Waals surface area contributed by atoms with Crippen molar-refractivity contribution in [2.24, 2.45) is 0 Å². The van der Waals surface area contributed by atoms with Crippen molar-refractivity contribution < 1.29 is 69.5 Å². The van der Waals surface area contributed by atoms with Gasteiger partial charge in [-0.2, -0.15) is 0 Å². The molecule has 0 saturated carbocycles. The third kappa shape index (κ3) is 7.36. The molecule has 2 aromatic rings. The van der Waals surface area contributed by atoms with Crippen molar-refractivity contribution in [1.82, 2.24) is 5.32 Å². The van der Waals surface area contributed by atoms with E-state index in [0.29, 0.717) is 37.4 Å². The van der Waals surface area contributed by atoms with E-state index in [2.05, 4.69) is 5.32 Å². The molecule has 0 bridgehead atoms. The molecule has 0 spiro atoms. The number of nitrogens with one attached hydrogen (secondary N) is 1. The maximum Gasteiger partial charge on any atom is 1.00 e. The van der Waals surface area contributed by atoms with Crippen LogP contribution >= 0.6 is 11.8 Å². The second kappa shape index (κ2) is 12.8. The molecule has 0 radical (unpaired) electrons. The average molecular weight is 566 g/mol. The number of thioether (sulfide) groups is 1. The summed E-state index contributed by atoms with van der Waals surface area (Å²) in [6, 6.07) is 7.47. The van der Waals surface area contributed by atoms with Gasteiger partial charge in [0.2, 0.25) is 5.91 Å². The number of carboxylic acid groups (broad SMARTS) is 1. The maximum atomic E-state index is 12.2. The summed E-state index contributed by atoms with van der Waals surface area (Å²) in [6.07, 6.45) is 1.40. The van der Waals surface area contributed by atoms with Crippen LogP contribution in [0.2, 0.25) is 0 Å². The first-order valence-electron chi connectivity index (χ1n) is 12.4. The van der Waals surface area contributed by atoms with Crippen molar-refractivity contribution in [2.45, 2.75) is 70.7 Å². The summed E-state index contributed by atoms with van der Waals surface area (Å²) < 4.78 is 18.1. The van der Waals surface area contributed by atoms with Crippen molar-refractivity contribution in [3.63, 3.8) is 0 Å². The first-order valence-corrected chi connectivity index (χ1v) is 13.3. The molecule has 1 fully saturated rings. The number of ether oxygens (including phenoxy) is 3. The van der Waals surface area contributed by atoms with E-state index in [1.807, 2.05) is 52.0 Å². The Balaban J connectivity index is 0.00000280. The van der Waals surface area contributed by atoms with Gasteiger partial charge in [-0.05, 0) is 81.3 Å². The number of hydrogen-bond donors (Lipinski definition) is 2. The van der Waals surface area contributed by atoms with Crippen LogP contribution < -0.4 is 49.1 Å².